The number of amides is 1. The van der Waals surface area contributed by atoms with E-state index in [2.05, 4.69) is 0 Å². The molecule has 1 unspecified atom stereocenters. The Balaban J connectivity index is 2.74. The van der Waals surface area contributed by atoms with Gasteiger partial charge in [-0.3, -0.25) is 4.79 Å². The fourth-order valence-corrected chi connectivity index (χ4v) is 2.14. The predicted octanol–water partition coefficient (Wildman–Crippen LogP) is 1.68. The van der Waals surface area contributed by atoms with Crippen molar-refractivity contribution in [3.63, 3.8) is 0 Å². The van der Waals surface area contributed by atoms with E-state index in [0.29, 0.717) is 13.2 Å². The summed E-state index contributed by atoms with van der Waals surface area (Å²) in [5.41, 5.74) is 0.816. The average molecular weight is 286 g/mol. The van der Waals surface area contributed by atoms with Gasteiger partial charge >= 0.3 is 0 Å². The highest BCUT2D eigenvalue weighted by Crippen LogP contribution is 2.23. The number of rotatable bonds is 7. The van der Waals surface area contributed by atoms with Gasteiger partial charge in [-0.25, -0.2) is 0 Å². The van der Waals surface area contributed by atoms with Gasteiger partial charge in [-0.15, -0.1) is 11.6 Å². The first-order chi connectivity index (χ1) is 9.10. The van der Waals surface area contributed by atoms with Crippen molar-refractivity contribution in [3.05, 3.63) is 35.9 Å². The molecule has 1 aromatic carbocycles. The second kappa shape index (κ2) is 8.15. The Hall–Kier alpha value is -1.10. The summed E-state index contributed by atoms with van der Waals surface area (Å²) >= 11 is 5.52. The Bertz CT molecular complexity index is 386. The lowest BCUT2D eigenvalue weighted by Crippen LogP contribution is -2.36. The summed E-state index contributed by atoms with van der Waals surface area (Å²) in [6.45, 7) is 0.769. The van der Waals surface area contributed by atoms with Crippen LogP contribution in [0.4, 0.5) is 0 Å². The third kappa shape index (κ3) is 4.82. The molecule has 1 rings (SSSR count). The van der Waals surface area contributed by atoms with Crippen molar-refractivity contribution in [1.29, 1.82) is 0 Å². The molecule has 0 saturated carbocycles. The van der Waals surface area contributed by atoms with Gasteiger partial charge in [0.1, 0.15) is 5.88 Å². The van der Waals surface area contributed by atoms with Crippen LogP contribution in [0.2, 0.25) is 0 Å². The van der Waals surface area contributed by atoms with Crippen LogP contribution in [-0.2, 0) is 9.53 Å². The number of carbonyl (C=O) groups excluding carboxylic acids is 1. The van der Waals surface area contributed by atoms with Gasteiger partial charge in [-0.05, 0) is 5.56 Å². The summed E-state index contributed by atoms with van der Waals surface area (Å²) < 4.78 is 5.13. The molecule has 5 heteroatoms. The van der Waals surface area contributed by atoms with Crippen molar-refractivity contribution in [2.24, 2.45) is 5.92 Å². The number of methoxy groups -OCH3 is 1. The van der Waals surface area contributed by atoms with E-state index in [1.165, 1.54) is 4.90 Å². The Morgan fingerprint density at radius 2 is 2.05 bits per heavy atom. The molecule has 0 aliphatic heterocycles. The van der Waals surface area contributed by atoms with Crippen molar-refractivity contribution < 1.29 is 14.6 Å². The number of benzene rings is 1. The second-order valence-electron chi connectivity index (χ2n) is 4.48. The zero-order valence-electron chi connectivity index (χ0n) is 11.3. The Morgan fingerprint density at radius 1 is 1.42 bits per heavy atom. The molecule has 19 heavy (non-hydrogen) atoms. The van der Waals surface area contributed by atoms with Crippen LogP contribution in [0, 0.1) is 5.92 Å². The van der Waals surface area contributed by atoms with Gasteiger partial charge in [0.15, 0.2) is 0 Å². The van der Waals surface area contributed by atoms with Crippen LogP contribution in [0.25, 0.3) is 0 Å². The maximum Gasteiger partial charge on any atom is 0.237 e. The fourth-order valence-electron chi connectivity index (χ4n) is 1.94. The quantitative estimate of drug-likeness (QED) is 0.776. The first kappa shape index (κ1) is 16.0. The van der Waals surface area contributed by atoms with E-state index < -0.39 is 6.10 Å². The molecule has 0 aromatic heterocycles. The first-order valence-electron chi connectivity index (χ1n) is 6.12. The van der Waals surface area contributed by atoms with E-state index in [4.69, 9.17) is 16.3 Å². The van der Waals surface area contributed by atoms with Crippen molar-refractivity contribution in [1.82, 2.24) is 4.90 Å². The lowest BCUT2D eigenvalue weighted by atomic mass is 9.96. The van der Waals surface area contributed by atoms with Gasteiger partial charge in [0.2, 0.25) is 5.91 Å². The molecule has 0 bridgehead atoms. The zero-order chi connectivity index (χ0) is 14.3. The maximum atomic E-state index is 11.5. The standard InChI is InChI=1S/C14H20ClNO3/c1-16(13(17)8-15)9-12(10-19-2)14(18)11-6-4-3-5-7-11/h3-7,12,14,18H,8-10H2,1-2H3/t12-,14?/m1/s1. The topological polar surface area (TPSA) is 49.8 Å². The molecule has 4 nitrogen and oxygen atoms in total. The van der Waals surface area contributed by atoms with Gasteiger partial charge < -0.3 is 14.7 Å². The third-order valence-electron chi connectivity index (χ3n) is 3.02. The van der Waals surface area contributed by atoms with Crippen LogP contribution in [0.5, 0.6) is 0 Å². The van der Waals surface area contributed by atoms with Gasteiger partial charge in [-0.1, -0.05) is 30.3 Å². The largest absolute Gasteiger partial charge is 0.388 e. The van der Waals surface area contributed by atoms with Gasteiger partial charge in [0.25, 0.3) is 0 Å². The van der Waals surface area contributed by atoms with Crippen molar-refractivity contribution in [2.45, 2.75) is 6.10 Å². The lowest BCUT2D eigenvalue weighted by Gasteiger charge is -2.27. The number of halogens is 1. The molecule has 0 radical (unpaired) electrons. The van der Waals surface area contributed by atoms with Crippen LogP contribution in [0.1, 0.15) is 11.7 Å². The molecule has 0 aliphatic carbocycles. The number of alkyl halides is 1. The SMILES string of the molecule is COC[C@@H](CN(C)C(=O)CCl)C(O)c1ccccc1. The third-order valence-corrected chi connectivity index (χ3v) is 3.25. The lowest BCUT2D eigenvalue weighted by molar-refractivity contribution is -0.128. The van der Waals surface area contributed by atoms with Crippen LogP contribution in [-0.4, -0.2) is 49.1 Å². The molecule has 1 N–H and O–H groups in total. The Morgan fingerprint density at radius 3 is 2.58 bits per heavy atom. The second-order valence-corrected chi connectivity index (χ2v) is 4.75. The minimum atomic E-state index is -0.674. The van der Waals surface area contributed by atoms with Crippen LogP contribution in [0.3, 0.4) is 0 Å². The highest BCUT2D eigenvalue weighted by molar-refractivity contribution is 6.27. The molecule has 1 aromatic rings. The van der Waals surface area contributed by atoms with Gasteiger partial charge in [0, 0.05) is 26.6 Å². The average Bonchev–Trinajstić information content (AvgIpc) is 2.45. The van der Waals surface area contributed by atoms with E-state index in [1.54, 1.807) is 14.2 Å². The normalized spacial score (nSPS) is 13.9. The smallest absolute Gasteiger partial charge is 0.237 e. The number of ether oxygens (including phenoxy) is 1. The minimum Gasteiger partial charge on any atom is -0.388 e. The molecule has 0 saturated heterocycles. The molecule has 1 amide bonds. The van der Waals surface area contributed by atoms with E-state index >= 15 is 0 Å². The van der Waals surface area contributed by atoms with Crippen LogP contribution < -0.4 is 0 Å². The highest BCUT2D eigenvalue weighted by Gasteiger charge is 2.23. The summed E-state index contributed by atoms with van der Waals surface area (Å²) in [6, 6.07) is 9.35. The number of aliphatic hydroxyl groups excluding tert-OH is 1. The summed E-state index contributed by atoms with van der Waals surface area (Å²) in [4.78, 5) is 13.0. The van der Waals surface area contributed by atoms with Gasteiger partial charge in [0.05, 0.1) is 12.7 Å². The Labute approximate surface area is 118 Å². The van der Waals surface area contributed by atoms with Crippen LogP contribution in [0.15, 0.2) is 30.3 Å². The zero-order valence-corrected chi connectivity index (χ0v) is 12.0. The van der Waals surface area contributed by atoms with E-state index in [-0.39, 0.29) is 17.7 Å². The molecule has 2 atom stereocenters. The number of carbonyl (C=O) groups is 1. The van der Waals surface area contributed by atoms with Crippen molar-refractivity contribution in [2.75, 3.05) is 33.2 Å². The summed E-state index contributed by atoms with van der Waals surface area (Å²) in [5, 5.41) is 10.4. The number of hydrogen-bond donors (Lipinski definition) is 1. The number of aliphatic hydroxyl groups is 1. The molecule has 0 aliphatic rings. The molecule has 0 fully saturated rings. The van der Waals surface area contributed by atoms with E-state index in [0.717, 1.165) is 5.56 Å². The monoisotopic (exact) mass is 285 g/mol. The molecular formula is C14H20ClNO3. The molecule has 106 valence electrons. The van der Waals surface area contributed by atoms with Crippen LogP contribution >= 0.6 is 11.6 Å². The summed E-state index contributed by atoms with van der Waals surface area (Å²) in [6.07, 6.45) is -0.674. The Kier molecular flexibility index (Phi) is 6.84. The van der Waals surface area contributed by atoms with E-state index in [9.17, 15) is 9.90 Å². The minimum absolute atomic E-state index is 0.0579. The number of hydrogen-bond acceptors (Lipinski definition) is 3. The molecule has 0 spiro atoms. The van der Waals surface area contributed by atoms with Crippen molar-refractivity contribution >= 4 is 17.5 Å². The first-order valence-corrected chi connectivity index (χ1v) is 6.65. The van der Waals surface area contributed by atoms with Crippen molar-refractivity contribution in [3.8, 4) is 0 Å². The predicted molar refractivity (Wildman–Crippen MR) is 75.1 cm³/mol. The maximum absolute atomic E-state index is 11.5. The molecular weight excluding hydrogens is 266 g/mol. The highest BCUT2D eigenvalue weighted by atomic mass is 35.5. The molecule has 0 heterocycles. The summed E-state index contributed by atoms with van der Waals surface area (Å²) in [7, 11) is 3.25. The van der Waals surface area contributed by atoms with Gasteiger partial charge in [-0.2, -0.15) is 0 Å². The summed E-state index contributed by atoms with van der Waals surface area (Å²) in [5.74, 6) is -0.412. The van der Waals surface area contributed by atoms with E-state index in [1.807, 2.05) is 30.3 Å². The fraction of sp³-hybridized carbons (Fsp3) is 0.500. The number of nitrogens with zero attached hydrogens (tertiary/aromatic N) is 1.